The van der Waals surface area contributed by atoms with Gasteiger partial charge in [-0.3, -0.25) is 0 Å². The summed E-state index contributed by atoms with van der Waals surface area (Å²) in [5, 5.41) is 0.108. The molecule has 5 nitrogen and oxygen atoms in total. The Bertz CT molecular complexity index is 374. The molecule has 0 aromatic rings. The zero-order valence-electron chi connectivity index (χ0n) is 9.19. The fraction of sp³-hybridized carbons (Fsp3) is 0.444. The van der Waals surface area contributed by atoms with Gasteiger partial charge in [-0.25, -0.2) is 9.59 Å². The van der Waals surface area contributed by atoms with Gasteiger partial charge in [-0.05, 0) is 24.6 Å². The Balaban J connectivity index is 3.06. The number of allylic oxidation sites excluding steroid dienone is 1. The van der Waals surface area contributed by atoms with E-state index in [4.69, 9.17) is 21.1 Å². The first-order valence-corrected chi connectivity index (χ1v) is 7.26. The van der Waals surface area contributed by atoms with Gasteiger partial charge in [-0.15, -0.1) is 0 Å². The summed E-state index contributed by atoms with van der Waals surface area (Å²) in [7, 11) is 2.21. The van der Waals surface area contributed by atoms with Gasteiger partial charge in [-0.1, -0.05) is 11.6 Å². The van der Waals surface area contributed by atoms with Crippen LogP contribution in [0.2, 0.25) is 0 Å². The Morgan fingerprint density at radius 2 is 1.76 bits per heavy atom. The first-order chi connectivity index (χ1) is 8.11. The lowest BCUT2D eigenvalue weighted by molar-refractivity contribution is -0.146. The number of hydrogen-bond donors (Lipinski definition) is 0. The molecule has 0 spiro atoms. The standard InChI is InChI=1S/C9H10ClNO4S2/c1-3-14-8(12)5(9(13)15-4-2)6-7(10)11-17-16-6/h3-4H2,1-2H3. The minimum Gasteiger partial charge on any atom is -0.462 e. The lowest BCUT2D eigenvalue weighted by Gasteiger charge is -2.08. The summed E-state index contributed by atoms with van der Waals surface area (Å²) in [6.45, 7) is 3.64. The number of ether oxygens (including phenoxy) is 2. The molecule has 1 heterocycles. The Hall–Kier alpha value is -0.660. The molecule has 0 aromatic heterocycles. The molecule has 0 atom stereocenters. The second-order valence-electron chi connectivity index (χ2n) is 2.69. The van der Waals surface area contributed by atoms with Gasteiger partial charge in [0.25, 0.3) is 0 Å². The Labute approximate surface area is 111 Å². The largest absolute Gasteiger partial charge is 0.462 e. The third-order valence-corrected chi connectivity index (χ3v) is 3.94. The van der Waals surface area contributed by atoms with Crippen molar-refractivity contribution in [2.45, 2.75) is 13.8 Å². The van der Waals surface area contributed by atoms with Crippen LogP contribution in [0.25, 0.3) is 0 Å². The summed E-state index contributed by atoms with van der Waals surface area (Å²) >= 11 is 5.80. The van der Waals surface area contributed by atoms with Crippen molar-refractivity contribution in [3.8, 4) is 0 Å². The summed E-state index contributed by atoms with van der Waals surface area (Å²) in [5.74, 6) is -1.49. The number of carbonyl (C=O) groups is 2. The SMILES string of the molecule is CCOC(=O)C(C(=O)OCC)=C1SSN=C1Cl. The van der Waals surface area contributed by atoms with Crippen molar-refractivity contribution in [2.24, 2.45) is 4.40 Å². The molecule has 0 fully saturated rings. The molecule has 0 saturated heterocycles. The lowest BCUT2D eigenvalue weighted by atomic mass is 10.2. The fourth-order valence-corrected chi connectivity index (χ4v) is 3.29. The van der Waals surface area contributed by atoms with Crippen molar-refractivity contribution in [3.05, 3.63) is 10.5 Å². The fourth-order valence-electron chi connectivity index (χ4n) is 0.985. The second-order valence-corrected chi connectivity index (χ2v) is 4.90. The van der Waals surface area contributed by atoms with Gasteiger partial charge in [0, 0.05) is 0 Å². The number of halogens is 1. The molecule has 1 aliphatic heterocycles. The van der Waals surface area contributed by atoms with E-state index in [9.17, 15) is 9.59 Å². The van der Waals surface area contributed by atoms with Crippen LogP contribution in [0.4, 0.5) is 0 Å². The van der Waals surface area contributed by atoms with E-state index in [2.05, 4.69) is 4.40 Å². The number of rotatable bonds is 4. The smallest absolute Gasteiger partial charge is 0.346 e. The van der Waals surface area contributed by atoms with Crippen molar-refractivity contribution in [2.75, 3.05) is 13.2 Å². The van der Waals surface area contributed by atoms with E-state index in [1.807, 2.05) is 0 Å². The van der Waals surface area contributed by atoms with Crippen LogP contribution in [0.3, 0.4) is 0 Å². The zero-order valence-corrected chi connectivity index (χ0v) is 11.6. The molecular weight excluding hydrogens is 286 g/mol. The van der Waals surface area contributed by atoms with Gasteiger partial charge < -0.3 is 9.47 Å². The Kier molecular flexibility index (Phi) is 5.87. The number of hydrogen-bond acceptors (Lipinski definition) is 7. The quantitative estimate of drug-likeness (QED) is 0.198. The van der Waals surface area contributed by atoms with Crippen molar-refractivity contribution in [1.82, 2.24) is 0 Å². The number of carbonyl (C=O) groups excluding carboxylic acids is 2. The van der Waals surface area contributed by atoms with E-state index in [1.165, 1.54) is 0 Å². The first kappa shape index (κ1) is 14.4. The minimum absolute atomic E-state index is 0.108. The van der Waals surface area contributed by atoms with Crippen molar-refractivity contribution in [3.63, 3.8) is 0 Å². The molecule has 8 heteroatoms. The van der Waals surface area contributed by atoms with E-state index >= 15 is 0 Å². The van der Waals surface area contributed by atoms with Crippen LogP contribution in [0.15, 0.2) is 14.9 Å². The second kappa shape index (κ2) is 6.93. The maximum absolute atomic E-state index is 11.7. The molecule has 1 aliphatic rings. The van der Waals surface area contributed by atoms with Crippen LogP contribution in [-0.4, -0.2) is 30.3 Å². The molecular formula is C9H10ClNO4S2. The molecule has 0 aliphatic carbocycles. The van der Waals surface area contributed by atoms with E-state index in [0.717, 1.165) is 21.8 Å². The predicted molar refractivity (Wildman–Crippen MR) is 68.8 cm³/mol. The van der Waals surface area contributed by atoms with Crippen LogP contribution in [0, 0.1) is 0 Å². The van der Waals surface area contributed by atoms with Crippen molar-refractivity contribution < 1.29 is 19.1 Å². The molecule has 1 rings (SSSR count). The predicted octanol–water partition coefficient (Wildman–Crippen LogP) is 2.31. The van der Waals surface area contributed by atoms with Gasteiger partial charge in [0.15, 0.2) is 10.7 Å². The molecule has 0 bridgehead atoms. The summed E-state index contributed by atoms with van der Waals surface area (Å²) < 4.78 is 13.4. The highest BCUT2D eigenvalue weighted by atomic mass is 35.5. The molecule has 17 heavy (non-hydrogen) atoms. The highest BCUT2D eigenvalue weighted by Gasteiger charge is 2.30. The average molecular weight is 296 g/mol. The molecule has 0 amide bonds. The summed E-state index contributed by atoms with van der Waals surface area (Å²) in [6.07, 6.45) is 0. The zero-order chi connectivity index (χ0) is 12.8. The van der Waals surface area contributed by atoms with Crippen LogP contribution in [0.1, 0.15) is 13.8 Å². The molecule has 0 aromatic carbocycles. The van der Waals surface area contributed by atoms with Gasteiger partial charge >= 0.3 is 11.9 Å². The van der Waals surface area contributed by atoms with Crippen molar-refractivity contribution in [1.29, 1.82) is 0 Å². The van der Waals surface area contributed by atoms with E-state index < -0.39 is 11.9 Å². The Morgan fingerprint density at radius 1 is 1.24 bits per heavy atom. The highest BCUT2D eigenvalue weighted by Crippen LogP contribution is 2.42. The molecule has 0 radical (unpaired) electrons. The maximum Gasteiger partial charge on any atom is 0.346 e. The number of nitrogens with zero attached hydrogens (tertiary/aromatic N) is 1. The average Bonchev–Trinajstić information content (AvgIpc) is 2.66. The minimum atomic E-state index is -0.746. The number of esters is 2. The topological polar surface area (TPSA) is 65.0 Å². The summed E-state index contributed by atoms with van der Waals surface area (Å²) in [4.78, 5) is 23.6. The van der Waals surface area contributed by atoms with Crippen LogP contribution >= 0.6 is 33.4 Å². The molecule has 0 saturated carbocycles. The van der Waals surface area contributed by atoms with Crippen LogP contribution in [0.5, 0.6) is 0 Å². The summed E-state index contributed by atoms with van der Waals surface area (Å²) in [5.41, 5.74) is -0.197. The van der Waals surface area contributed by atoms with Gasteiger partial charge in [0.1, 0.15) is 0 Å². The first-order valence-electron chi connectivity index (χ1n) is 4.77. The Morgan fingerprint density at radius 3 is 2.12 bits per heavy atom. The normalized spacial score (nSPS) is 14.3. The summed E-state index contributed by atoms with van der Waals surface area (Å²) in [6, 6.07) is 0. The van der Waals surface area contributed by atoms with Crippen molar-refractivity contribution >= 4 is 50.5 Å². The van der Waals surface area contributed by atoms with Gasteiger partial charge in [-0.2, -0.15) is 4.40 Å². The lowest BCUT2D eigenvalue weighted by Crippen LogP contribution is -2.20. The van der Waals surface area contributed by atoms with E-state index in [-0.39, 0.29) is 28.9 Å². The maximum atomic E-state index is 11.7. The monoisotopic (exact) mass is 295 g/mol. The van der Waals surface area contributed by atoms with Gasteiger partial charge in [0.05, 0.1) is 29.1 Å². The molecule has 94 valence electrons. The molecule has 0 unspecified atom stereocenters. The third-order valence-electron chi connectivity index (χ3n) is 1.61. The van der Waals surface area contributed by atoms with E-state index in [0.29, 0.717) is 0 Å². The molecule has 0 N–H and O–H groups in total. The van der Waals surface area contributed by atoms with Crippen LogP contribution < -0.4 is 0 Å². The van der Waals surface area contributed by atoms with Gasteiger partial charge in [0.2, 0.25) is 0 Å². The third kappa shape index (κ3) is 3.65. The highest BCUT2D eigenvalue weighted by molar-refractivity contribution is 8.78. The van der Waals surface area contributed by atoms with Crippen LogP contribution in [-0.2, 0) is 19.1 Å². The van der Waals surface area contributed by atoms with E-state index in [1.54, 1.807) is 13.8 Å².